The van der Waals surface area contributed by atoms with Crippen LogP contribution in [0.3, 0.4) is 0 Å². The third-order valence-electron chi connectivity index (χ3n) is 1.82. The minimum atomic E-state index is 1.12. The van der Waals surface area contributed by atoms with Gasteiger partial charge in [0.15, 0.2) is 0 Å². The van der Waals surface area contributed by atoms with Crippen molar-refractivity contribution in [2.24, 2.45) is 0 Å². The molecule has 0 rings (SSSR count). The highest BCUT2D eigenvalue weighted by Crippen LogP contribution is 2.05. The number of rotatable bonds is 3. The van der Waals surface area contributed by atoms with Crippen molar-refractivity contribution in [3.8, 4) is 0 Å². The molecule has 0 aromatic heterocycles. The molecule has 0 saturated heterocycles. The van der Waals surface area contributed by atoms with E-state index in [0.717, 1.165) is 6.42 Å². The third-order valence-corrected chi connectivity index (χ3v) is 1.82. The highest BCUT2D eigenvalue weighted by molar-refractivity contribution is 5.07. The van der Waals surface area contributed by atoms with Crippen LogP contribution in [0.5, 0.6) is 0 Å². The first-order valence-electron chi connectivity index (χ1n) is 3.98. The molecule has 0 radical (unpaired) electrons. The van der Waals surface area contributed by atoms with Gasteiger partial charge in [0.1, 0.15) is 0 Å². The molecule has 0 aliphatic heterocycles. The molecule has 0 aromatic carbocycles. The Morgan fingerprint density at radius 3 is 2.20 bits per heavy atom. The lowest BCUT2D eigenvalue weighted by atomic mass is 10.1. The Morgan fingerprint density at radius 1 is 1.20 bits per heavy atom. The Bertz CT molecular complexity index is 138. The van der Waals surface area contributed by atoms with Gasteiger partial charge in [0.2, 0.25) is 0 Å². The quantitative estimate of drug-likeness (QED) is 0.522. The van der Waals surface area contributed by atoms with Crippen LogP contribution >= 0.6 is 0 Å². The van der Waals surface area contributed by atoms with Crippen molar-refractivity contribution in [2.45, 2.75) is 40.5 Å². The van der Waals surface area contributed by atoms with Crippen LogP contribution in [-0.2, 0) is 0 Å². The molecule has 0 fully saturated rings. The predicted octanol–water partition coefficient (Wildman–Crippen LogP) is 3.70. The molecule has 0 aliphatic rings. The number of hydrogen-bond acceptors (Lipinski definition) is 0. The first-order valence-corrected chi connectivity index (χ1v) is 3.98. The van der Waals surface area contributed by atoms with E-state index in [-0.39, 0.29) is 0 Å². The summed E-state index contributed by atoms with van der Waals surface area (Å²) in [5.74, 6) is 0. The van der Waals surface area contributed by atoms with E-state index < -0.39 is 0 Å². The molecule has 10 heavy (non-hydrogen) atoms. The van der Waals surface area contributed by atoms with Crippen molar-refractivity contribution in [1.29, 1.82) is 0 Å². The van der Waals surface area contributed by atoms with Crippen LogP contribution in [0.2, 0.25) is 0 Å². The fourth-order valence-corrected chi connectivity index (χ4v) is 0.597. The summed E-state index contributed by atoms with van der Waals surface area (Å²) in [7, 11) is 0. The van der Waals surface area contributed by atoms with Crippen molar-refractivity contribution in [3.63, 3.8) is 0 Å². The maximum Gasteiger partial charge on any atom is -0.0139 e. The van der Waals surface area contributed by atoms with Crippen molar-refractivity contribution >= 4 is 0 Å². The molecule has 0 spiro atoms. The van der Waals surface area contributed by atoms with Crippen LogP contribution in [0, 0.1) is 0 Å². The van der Waals surface area contributed by atoms with Gasteiger partial charge in [0.25, 0.3) is 0 Å². The highest BCUT2D eigenvalue weighted by Gasteiger charge is 1.84. The fourth-order valence-electron chi connectivity index (χ4n) is 0.597. The average molecular weight is 138 g/mol. The van der Waals surface area contributed by atoms with Crippen molar-refractivity contribution in [1.82, 2.24) is 0 Å². The Kier molecular flexibility index (Phi) is 5.00. The van der Waals surface area contributed by atoms with Crippen LogP contribution in [0.1, 0.15) is 40.5 Å². The summed E-state index contributed by atoms with van der Waals surface area (Å²) < 4.78 is 0. The number of allylic oxidation sites excluding steroid dienone is 4. The summed E-state index contributed by atoms with van der Waals surface area (Å²) in [5, 5.41) is 0. The SMILES string of the molecule is CC=C(C)CC=C(C)CC. The van der Waals surface area contributed by atoms with Crippen LogP contribution in [0.15, 0.2) is 23.3 Å². The van der Waals surface area contributed by atoms with Gasteiger partial charge in [-0.1, -0.05) is 30.2 Å². The van der Waals surface area contributed by atoms with Gasteiger partial charge in [0.05, 0.1) is 0 Å². The Morgan fingerprint density at radius 2 is 1.80 bits per heavy atom. The topological polar surface area (TPSA) is 0 Å². The molecule has 0 bridgehead atoms. The predicted molar refractivity (Wildman–Crippen MR) is 48.1 cm³/mol. The van der Waals surface area contributed by atoms with Gasteiger partial charge < -0.3 is 0 Å². The Labute approximate surface area is 64.6 Å². The highest BCUT2D eigenvalue weighted by atomic mass is 13.9. The van der Waals surface area contributed by atoms with Gasteiger partial charge in [-0.3, -0.25) is 0 Å². The lowest BCUT2D eigenvalue weighted by Gasteiger charge is -1.95. The van der Waals surface area contributed by atoms with E-state index in [4.69, 9.17) is 0 Å². The van der Waals surface area contributed by atoms with Gasteiger partial charge in [-0.15, -0.1) is 0 Å². The van der Waals surface area contributed by atoms with Gasteiger partial charge in [0, 0.05) is 0 Å². The molecular weight excluding hydrogens is 120 g/mol. The second-order valence-corrected chi connectivity index (χ2v) is 2.74. The summed E-state index contributed by atoms with van der Waals surface area (Å²) in [6, 6.07) is 0. The second kappa shape index (κ2) is 5.28. The van der Waals surface area contributed by atoms with E-state index in [2.05, 4.69) is 39.8 Å². The molecule has 0 heteroatoms. The van der Waals surface area contributed by atoms with Gasteiger partial charge in [-0.05, 0) is 33.6 Å². The summed E-state index contributed by atoms with van der Waals surface area (Å²) >= 11 is 0. The monoisotopic (exact) mass is 138 g/mol. The first kappa shape index (κ1) is 9.48. The van der Waals surface area contributed by atoms with Gasteiger partial charge in [-0.2, -0.15) is 0 Å². The van der Waals surface area contributed by atoms with Crippen molar-refractivity contribution in [3.05, 3.63) is 23.3 Å². The third kappa shape index (κ3) is 4.37. The zero-order valence-electron chi connectivity index (χ0n) is 7.57. The van der Waals surface area contributed by atoms with Crippen LogP contribution in [-0.4, -0.2) is 0 Å². The van der Waals surface area contributed by atoms with Gasteiger partial charge in [-0.25, -0.2) is 0 Å². The van der Waals surface area contributed by atoms with E-state index in [9.17, 15) is 0 Å². The summed E-state index contributed by atoms with van der Waals surface area (Å²) in [5.41, 5.74) is 2.94. The zero-order valence-corrected chi connectivity index (χ0v) is 7.57. The summed E-state index contributed by atoms with van der Waals surface area (Å²) in [4.78, 5) is 0. The smallest absolute Gasteiger partial charge is 0.0139 e. The molecule has 0 atom stereocenters. The molecule has 0 saturated carbocycles. The molecule has 0 N–H and O–H groups in total. The number of hydrogen-bond donors (Lipinski definition) is 0. The lowest BCUT2D eigenvalue weighted by Crippen LogP contribution is -1.74. The molecular formula is C10H18. The van der Waals surface area contributed by atoms with Crippen molar-refractivity contribution < 1.29 is 0 Å². The second-order valence-electron chi connectivity index (χ2n) is 2.74. The molecule has 0 aromatic rings. The van der Waals surface area contributed by atoms with Crippen molar-refractivity contribution in [2.75, 3.05) is 0 Å². The van der Waals surface area contributed by atoms with E-state index in [1.165, 1.54) is 17.6 Å². The summed E-state index contributed by atoms with van der Waals surface area (Å²) in [6.07, 6.45) is 6.77. The molecule has 0 aliphatic carbocycles. The molecule has 58 valence electrons. The van der Waals surface area contributed by atoms with E-state index in [1.807, 2.05) is 0 Å². The van der Waals surface area contributed by atoms with Crippen LogP contribution < -0.4 is 0 Å². The normalized spacial score (nSPS) is 14.0. The lowest BCUT2D eigenvalue weighted by molar-refractivity contribution is 1.06. The molecule has 0 nitrogen and oxygen atoms in total. The van der Waals surface area contributed by atoms with E-state index >= 15 is 0 Å². The standard InChI is InChI=1S/C10H18/c1-5-9(3)7-8-10(4)6-2/h5,8H,6-7H2,1-4H3. The fraction of sp³-hybridized carbons (Fsp3) is 0.600. The van der Waals surface area contributed by atoms with E-state index in [1.54, 1.807) is 0 Å². The zero-order chi connectivity index (χ0) is 7.98. The molecule has 0 amide bonds. The minimum absolute atomic E-state index is 1.12. The van der Waals surface area contributed by atoms with E-state index in [0.29, 0.717) is 0 Å². The van der Waals surface area contributed by atoms with Crippen LogP contribution in [0.4, 0.5) is 0 Å². The molecule has 0 unspecified atom stereocenters. The average Bonchev–Trinajstić information content (AvgIpc) is 1.99. The van der Waals surface area contributed by atoms with Gasteiger partial charge >= 0.3 is 0 Å². The largest absolute Gasteiger partial charge is 0.0884 e. The maximum absolute atomic E-state index is 2.30. The first-order chi connectivity index (χ1) is 4.70. The Balaban J connectivity index is 3.72. The molecule has 0 heterocycles. The maximum atomic E-state index is 2.30. The van der Waals surface area contributed by atoms with Crippen LogP contribution in [0.25, 0.3) is 0 Å². The minimum Gasteiger partial charge on any atom is -0.0884 e. The Hall–Kier alpha value is -0.520. The summed E-state index contributed by atoms with van der Waals surface area (Å²) in [6.45, 7) is 8.63.